The van der Waals surface area contributed by atoms with E-state index in [1.54, 1.807) is 36.5 Å². The third-order valence-corrected chi connectivity index (χ3v) is 4.72. The first-order chi connectivity index (χ1) is 13.1. The summed E-state index contributed by atoms with van der Waals surface area (Å²) in [6.07, 6.45) is 3.17. The quantitative estimate of drug-likeness (QED) is 0.385. The highest BCUT2D eigenvalue weighted by Gasteiger charge is 2.13. The number of carbonyl (C=O) groups is 1. The number of halogens is 1. The first-order valence-electron chi connectivity index (χ1n) is 8.19. The number of benzene rings is 1. The molecule has 0 aliphatic carbocycles. The van der Waals surface area contributed by atoms with Gasteiger partial charge in [-0.15, -0.1) is 6.58 Å². The number of nitrogens with zero attached hydrogens (tertiary/aromatic N) is 3. The number of allylic oxidation sites excluding steroid dienone is 1. The molecule has 0 saturated heterocycles. The number of rotatable bonds is 7. The van der Waals surface area contributed by atoms with Crippen LogP contribution in [-0.2, 0) is 17.9 Å². The van der Waals surface area contributed by atoms with Gasteiger partial charge >= 0.3 is 0 Å². The molecule has 3 rings (SSSR count). The number of carbonyl (C=O) groups excluding carboxylic acids is 1. The van der Waals surface area contributed by atoms with Crippen molar-refractivity contribution in [1.82, 2.24) is 19.9 Å². The van der Waals surface area contributed by atoms with Crippen molar-refractivity contribution in [3.63, 3.8) is 0 Å². The van der Waals surface area contributed by atoms with Crippen LogP contribution in [0.2, 0.25) is 0 Å². The molecule has 1 amide bonds. The predicted octanol–water partition coefficient (Wildman–Crippen LogP) is 2.53. The van der Waals surface area contributed by atoms with E-state index in [-0.39, 0.29) is 29.6 Å². The maximum atomic E-state index is 12.9. The molecular formula is C19H17FN4O2S. The summed E-state index contributed by atoms with van der Waals surface area (Å²) in [5, 5.41) is 3.59. The zero-order valence-electron chi connectivity index (χ0n) is 14.4. The lowest BCUT2D eigenvalue weighted by atomic mass is 10.2. The van der Waals surface area contributed by atoms with E-state index < -0.39 is 0 Å². The second kappa shape index (κ2) is 8.59. The maximum absolute atomic E-state index is 12.9. The lowest BCUT2D eigenvalue weighted by Gasteiger charge is -2.11. The maximum Gasteiger partial charge on any atom is 0.263 e. The highest BCUT2D eigenvalue weighted by Crippen LogP contribution is 2.16. The molecule has 138 valence electrons. The van der Waals surface area contributed by atoms with Gasteiger partial charge in [-0.1, -0.05) is 30.0 Å². The summed E-state index contributed by atoms with van der Waals surface area (Å²) in [5.74, 6) is -0.454. The van der Waals surface area contributed by atoms with Crippen molar-refractivity contribution in [3.05, 3.63) is 77.0 Å². The summed E-state index contributed by atoms with van der Waals surface area (Å²) < 4.78 is 14.4. The Bertz CT molecular complexity index is 1030. The molecule has 0 fully saturated rings. The molecular weight excluding hydrogens is 367 g/mol. The Morgan fingerprint density at radius 2 is 2.07 bits per heavy atom. The third-order valence-electron chi connectivity index (χ3n) is 3.74. The second-order valence-corrected chi connectivity index (χ2v) is 6.61. The number of amides is 1. The van der Waals surface area contributed by atoms with Crippen LogP contribution in [0.4, 0.5) is 4.39 Å². The van der Waals surface area contributed by atoms with Gasteiger partial charge in [0.25, 0.3) is 5.56 Å². The molecule has 1 N–H and O–H groups in total. The van der Waals surface area contributed by atoms with E-state index in [9.17, 15) is 14.0 Å². The van der Waals surface area contributed by atoms with Gasteiger partial charge in [-0.2, -0.15) is 0 Å². The Kier molecular flexibility index (Phi) is 5.97. The Hall–Kier alpha value is -3.00. The van der Waals surface area contributed by atoms with Crippen LogP contribution in [0, 0.1) is 5.82 Å². The van der Waals surface area contributed by atoms with Crippen LogP contribution in [-0.4, -0.2) is 26.2 Å². The molecule has 0 radical (unpaired) electrons. The normalized spacial score (nSPS) is 10.7. The van der Waals surface area contributed by atoms with E-state index in [4.69, 9.17) is 0 Å². The van der Waals surface area contributed by atoms with Crippen LogP contribution in [0.3, 0.4) is 0 Å². The topological polar surface area (TPSA) is 76.9 Å². The first-order valence-corrected chi connectivity index (χ1v) is 9.17. The van der Waals surface area contributed by atoms with Crippen LogP contribution in [0.5, 0.6) is 0 Å². The van der Waals surface area contributed by atoms with Gasteiger partial charge in [0.15, 0.2) is 10.8 Å². The number of aromatic nitrogens is 3. The Balaban J connectivity index is 1.71. The van der Waals surface area contributed by atoms with Crippen LogP contribution < -0.4 is 10.9 Å². The minimum absolute atomic E-state index is 0.0864. The van der Waals surface area contributed by atoms with Crippen LogP contribution in [0.1, 0.15) is 5.56 Å². The number of nitrogens with one attached hydrogen (secondary N) is 1. The zero-order chi connectivity index (χ0) is 19.2. The number of thioether (sulfide) groups is 1. The molecule has 0 unspecified atom stereocenters. The lowest BCUT2D eigenvalue weighted by molar-refractivity contribution is -0.118. The van der Waals surface area contributed by atoms with Crippen molar-refractivity contribution < 1.29 is 9.18 Å². The SMILES string of the molecule is C=CCn1c(SCC(=O)NCc2ccc(F)cc2)nc2ncccc2c1=O. The Morgan fingerprint density at radius 3 is 2.81 bits per heavy atom. The largest absolute Gasteiger partial charge is 0.351 e. The molecule has 0 aliphatic rings. The van der Waals surface area contributed by atoms with Crippen LogP contribution in [0.15, 0.2) is 65.2 Å². The van der Waals surface area contributed by atoms with Crippen molar-refractivity contribution in [3.8, 4) is 0 Å². The van der Waals surface area contributed by atoms with Crippen molar-refractivity contribution in [2.24, 2.45) is 0 Å². The van der Waals surface area contributed by atoms with Crippen molar-refractivity contribution in [2.75, 3.05) is 5.75 Å². The molecule has 0 bridgehead atoms. The van der Waals surface area contributed by atoms with E-state index >= 15 is 0 Å². The summed E-state index contributed by atoms with van der Waals surface area (Å²) in [6, 6.07) is 9.26. The van der Waals surface area contributed by atoms with Gasteiger partial charge in [0.1, 0.15) is 5.82 Å². The van der Waals surface area contributed by atoms with E-state index in [1.807, 2.05) is 0 Å². The Labute approximate surface area is 159 Å². The fourth-order valence-electron chi connectivity index (χ4n) is 2.42. The van der Waals surface area contributed by atoms with Gasteiger partial charge in [-0.3, -0.25) is 14.2 Å². The number of hydrogen-bond acceptors (Lipinski definition) is 5. The summed E-state index contributed by atoms with van der Waals surface area (Å²) in [5.41, 5.74) is 0.922. The lowest BCUT2D eigenvalue weighted by Crippen LogP contribution is -2.26. The first kappa shape index (κ1) is 18.8. The van der Waals surface area contributed by atoms with Crippen molar-refractivity contribution >= 4 is 28.7 Å². The van der Waals surface area contributed by atoms with Crippen LogP contribution in [0.25, 0.3) is 11.0 Å². The molecule has 0 atom stereocenters. The predicted molar refractivity (Wildman–Crippen MR) is 103 cm³/mol. The highest BCUT2D eigenvalue weighted by atomic mass is 32.2. The zero-order valence-corrected chi connectivity index (χ0v) is 15.2. The molecule has 1 aromatic carbocycles. The van der Waals surface area contributed by atoms with Gasteiger partial charge in [0.2, 0.25) is 5.91 Å². The molecule has 8 heteroatoms. The molecule has 3 aromatic rings. The standard InChI is InChI=1S/C19H17FN4O2S/c1-2-10-24-18(26)15-4-3-9-21-17(15)23-19(24)27-12-16(25)22-11-13-5-7-14(20)8-6-13/h2-9H,1,10-12H2,(H,22,25). The van der Waals surface area contributed by atoms with E-state index in [2.05, 4.69) is 21.9 Å². The van der Waals surface area contributed by atoms with Crippen molar-refractivity contribution in [2.45, 2.75) is 18.2 Å². The van der Waals surface area contributed by atoms with Gasteiger partial charge < -0.3 is 5.32 Å². The van der Waals surface area contributed by atoms with Crippen LogP contribution >= 0.6 is 11.8 Å². The van der Waals surface area contributed by atoms with E-state index in [0.29, 0.717) is 22.7 Å². The number of pyridine rings is 1. The number of hydrogen-bond donors (Lipinski definition) is 1. The Morgan fingerprint density at radius 1 is 1.30 bits per heavy atom. The molecule has 2 aromatic heterocycles. The molecule has 0 aliphatic heterocycles. The van der Waals surface area contributed by atoms with E-state index in [1.165, 1.54) is 16.7 Å². The summed E-state index contributed by atoms with van der Waals surface area (Å²) in [6.45, 7) is 4.25. The smallest absolute Gasteiger partial charge is 0.263 e. The van der Waals surface area contributed by atoms with Gasteiger partial charge in [-0.05, 0) is 29.8 Å². The monoisotopic (exact) mass is 384 g/mol. The summed E-state index contributed by atoms with van der Waals surface area (Å²) in [7, 11) is 0. The molecule has 6 nitrogen and oxygen atoms in total. The van der Waals surface area contributed by atoms with Crippen molar-refractivity contribution in [1.29, 1.82) is 0 Å². The number of fused-ring (bicyclic) bond motifs is 1. The second-order valence-electron chi connectivity index (χ2n) is 5.67. The fraction of sp³-hybridized carbons (Fsp3) is 0.158. The van der Waals surface area contributed by atoms with Gasteiger partial charge in [-0.25, -0.2) is 14.4 Å². The highest BCUT2D eigenvalue weighted by molar-refractivity contribution is 7.99. The average Bonchev–Trinajstić information content (AvgIpc) is 2.68. The summed E-state index contributed by atoms with van der Waals surface area (Å²) in [4.78, 5) is 33.2. The van der Waals surface area contributed by atoms with Gasteiger partial charge in [0.05, 0.1) is 11.1 Å². The molecule has 27 heavy (non-hydrogen) atoms. The minimum atomic E-state index is -0.322. The third kappa shape index (κ3) is 4.59. The average molecular weight is 384 g/mol. The molecule has 0 spiro atoms. The van der Waals surface area contributed by atoms with Gasteiger partial charge in [0, 0.05) is 19.3 Å². The molecule has 2 heterocycles. The minimum Gasteiger partial charge on any atom is -0.351 e. The molecule has 0 saturated carbocycles. The fourth-order valence-corrected chi connectivity index (χ4v) is 3.25. The summed E-state index contributed by atoms with van der Waals surface area (Å²) >= 11 is 1.15. The van der Waals surface area contributed by atoms with E-state index in [0.717, 1.165) is 17.3 Å².